The fourth-order valence-corrected chi connectivity index (χ4v) is 3.70. The average Bonchev–Trinajstić information content (AvgIpc) is 2.94. The lowest BCUT2D eigenvalue weighted by Crippen LogP contribution is -2.24. The molecule has 1 aromatic heterocycles. The third kappa shape index (κ3) is 5.24. The maximum atomic E-state index is 13.1. The molecule has 0 aliphatic heterocycles. The van der Waals surface area contributed by atoms with Crippen molar-refractivity contribution in [2.75, 3.05) is 22.1 Å². The first-order chi connectivity index (χ1) is 14.8. The summed E-state index contributed by atoms with van der Waals surface area (Å²) in [5.41, 5.74) is 2.35. The Hall–Kier alpha value is -3.33. The van der Waals surface area contributed by atoms with E-state index >= 15 is 0 Å². The first kappa shape index (κ1) is 22.4. The number of rotatable bonds is 7. The quantitative estimate of drug-likeness (QED) is 0.588. The minimum absolute atomic E-state index is 0.00886. The van der Waals surface area contributed by atoms with Gasteiger partial charge in [0.05, 0.1) is 22.9 Å². The largest absolute Gasteiger partial charge is 0.325 e. The van der Waals surface area contributed by atoms with Crippen LogP contribution in [-0.2, 0) is 16.6 Å². The van der Waals surface area contributed by atoms with E-state index < -0.39 is 0 Å². The molecule has 7 nitrogen and oxygen atoms in total. The highest BCUT2D eigenvalue weighted by molar-refractivity contribution is 8.00. The number of benzene rings is 2. The molecule has 0 fully saturated rings. The van der Waals surface area contributed by atoms with Gasteiger partial charge in [-0.25, -0.2) is 9.07 Å². The van der Waals surface area contributed by atoms with Gasteiger partial charge in [-0.05, 0) is 49.7 Å². The molecule has 0 unspecified atom stereocenters. The molecule has 9 heteroatoms. The van der Waals surface area contributed by atoms with Crippen LogP contribution >= 0.6 is 11.8 Å². The van der Waals surface area contributed by atoms with Crippen molar-refractivity contribution in [3.05, 3.63) is 76.0 Å². The van der Waals surface area contributed by atoms with Crippen molar-refractivity contribution in [3.8, 4) is 5.69 Å². The number of carbonyl (C=O) groups excluding carboxylic acids is 2. The van der Waals surface area contributed by atoms with Crippen LogP contribution in [0.2, 0.25) is 0 Å². The summed E-state index contributed by atoms with van der Waals surface area (Å²) in [6.07, 6.45) is 0. The highest BCUT2D eigenvalue weighted by atomic mass is 32.2. The van der Waals surface area contributed by atoms with Crippen molar-refractivity contribution >= 4 is 35.0 Å². The Morgan fingerprint density at radius 3 is 2.29 bits per heavy atom. The molecule has 162 valence electrons. The van der Waals surface area contributed by atoms with Gasteiger partial charge in [0.15, 0.2) is 0 Å². The lowest BCUT2D eigenvalue weighted by Gasteiger charge is -2.08. The summed E-state index contributed by atoms with van der Waals surface area (Å²) >= 11 is 1.12. The first-order valence-electron chi connectivity index (χ1n) is 9.55. The molecule has 0 spiro atoms. The summed E-state index contributed by atoms with van der Waals surface area (Å²) in [4.78, 5) is 37.2. The summed E-state index contributed by atoms with van der Waals surface area (Å²) in [7, 11) is 1.75. The smallest absolute Gasteiger partial charge is 0.295 e. The van der Waals surface area contributed by atoms with E-state index in [1.807, 2.05) is 30.3 Å². The molecule has 2 N–H and O–H groups in total. The van der Waals surface area contributed by atoms with Gasteiger partial charge in [0.25, 0.3) is 5.56 Å². The van der Waals surface area contributed by atoms with Crippen LogP contribution in [-0.4, -0.2) is 32.7 Å². The van der Waals surface area contributed by atoms with Gasteiger partial charge in [-0.3, -0.25) is 19.1 Å². The number of aromatic nitrogens is 2. The number of carbonyl (C=O) groups is 2. The molecule has 0 aliphatic carbocycles. The number of nitrogens with zero attached hydrogens (tertiary/aromatic N) is 2. The predicted octanol–water partition coefficient (Wildman–Crippen LogP) is 3.24. The average molecular weight is 443 g/mol. The Morgan fingerprint density at radius 1 is 1.00 bits per heavy atom. The summed E-state index contributed by atoms with van der Waals surface area (Å²) in [6.45, 7) is 3.45. The molecule has 1 heterocycles. The van der Waals surface area contributed by atoms with Gasteiger partial charge >= 0.3 is 0 Å². The molecular formula is C22H23FN4O3S. The number of para-hydroxylation sites is 1. The van der Waals surface area contributed by atoms with Crippen molar-refractivity contribution in [3.63, 3.8) is 0 Å². The van der Waals surface area contributed by atoms with Crippen LogP contribution in [0.4, 0.5) is 15.8 Å². The zero-order valence-corrected chi connectivity index (χ0v) is 18.3. The Labute approximate surface area is 183 Å². The molecule has 2 amide bonds. The minimum atomic E-state index is -0.373. The van der Waals surface area contributed by atoms with Crippen LogP contribution in [0.15, 0.2) is 53.3 Å². The molecule has 0 saturated carbocycles. The van der Waals surface area contributed by atoms with Crippen LogP contribution in [0.25, 0.3) is 5.69 Å². The van der Waals surface area contributed by atoms with Gasteiger partial charge in [0, 0.05) is 12.7 Å². The van der Waals surface area contributed by atoms with Gasteiger partial charge in [-0.15, -0.1) is 11.8 Å². The number of nitrogens with one attached hydrogen (secondary N) is 2. The van der Waals surface area contributed by atoms with Crippen LogP contribution in [0.5, 0.6) is 0 Å². The number of halogens is 1. The number of thioether (sulfide) groups is 1. The highest BCUT2D eigenvalue weighted by Crippen LogP contribution is 2.17. The number of hydrogen-bond acceptors (Lipinski definition) is 4. The number of aryl methyl sites for hydroxylation is 1. The molecule has 0 bridgehead atoms. The SMILES string of the molecule is Cc1cc(F)ccc1NC(=O)CSCC(=O)Nc1c(C)n(C)n(-c2ccccc2)c1=O. The van der Waals surface area contributed by atoms with Crippen molar-refractivity contribution in [1.82, 2.24) is 9.36 Å². The molecule has 2 aromatic carbocycles. The summed E-state index contributed by atoms with van der Waals surface area (Å²) in [5.74, 6) is -0.984. The lowest BCUT2D eigenvalue weighted by atomic mass is 10.2. The van der Waals surface area contributed by atoms with Crippen LogP contribution in [0.3, 0.4) is 0 Å². The second-order valence-corrected chi connectivity index (χ2v) is 7.97. The van der Waals surface area contributed by atoms with Crippen molar-refractivity contribution < 1.29 is 14.0 Å². The van der Waals surface area contributed by atoms with Gasteiger partial charge in [-0.2, -0.15) is 0 Å². The zero-order chi connectivity index (χ0) is 22.5. The maximum Gasteiger partial charge on any atom is 0.295 e. The molecule has 0 radical (unpaired) electrons. The van der Waals surface area contributed by atoms with E-state index in [0.29, 0.717) is 22.6 Å². The first-order valence-corrected chi connectivity index (χ1v) is 10.7. The molecule has 0 atom stereocenters. The monoisotopic (exact) mass is 442 g/mol. The van der Waals surface area contributed by atoms with Gasteiger partial charge < -0.3 is 10.6 Å². The Bertz CT molecular complexity index is 1170. The number of amides is 2. The van der Waals surface area contributed by atoms with E-state index in [2.05, 4.69) is 10.6 Å². The standard InChI is InChI=1S/C22H23FN4O3S/c1-14-11-16(23)9-10-18(14)24-19(28)12-31-13-20(29)25-21-15(2)26(3)27(22(21)30)17-7-5-4-6-8-17/h4-11H,12-13H2,1-3H3,(H,24,28)(H,25,29). The van der Waals surface area contributed by atoms with E-state index in [9.17, 15) is 18.8 Å². The second-order valence-electron chi connectivity index (χ2n) is 6.98. The maximum absolute atomic E-state index is 13.1. The van der Waals surface area contributed by atoms with Crippen LogP contribution in [0.1, 0.15) is 11.3 Å². The zero-order valence-electron chi connectivity index (χ0n) is 17.4. The van der Waals surface area contributed by atoms with Crippen molar-refractivity contribution in [1.29, 1.82) is 0 Å². The van der Waals surface area contributed by atoms with Crippen LogP contribution < -0.4 is 16.2 Å². The molecule has 3 rings (SSSR count). The van der Waals surface area contributed by atoms with Gasteiger partial charge in [-0.1, -0.05) is 18.2 Å². The summed E-state index contributed by atoms with van der Waals surface area (Å²) in [6, 6.07) is 13.2. The van der Waals surface area contributed by atoms with E-state index in [4.69, 9.17) is 0 Å². The molecular weight excluding hydrogens is 419 g/mol. The highest BCUT2D eigenvalue weighted by Gasteiger charge is 2.18. The fraction of sp³-hybridized carbons (Fsp3) is 0.227. The van der Waals surface area contributed by atoms with Crippen LogP contribution in [0, 0.1) is 19.7 Å². The van der Waals surface area contributed by atoms with E-state index in [-0.39, 0.29) is 40.4 Å². The Kier molecular flexibility index (Phi) is 6.96. The molecule has 31 heavy (non-hydrogen) atoms. The number of anilines is 2. The third-order valence-electron chi connectivity index (χ3n) is 4.75. The molecule has 0 aliphatic rings. The van der Waals surface area contributed by atoms with Crippen molar-refractivity contribution in [2.45, 2.75) is 13.8 Å². The topological polar surface area (TPSA) is 85.1 Å². The normalized spacial score (nSPS) is 10.7. The minimum Gasteiger partial charge on any atom is -0.325 e. The van der Waals surface area contributed by atoms with E-state index in [1.54, 1.807) is 25.6 Å². The third-order valence-corrected chi connectivity index (χ3v) is 5.68. The second kappa shape index (κ2) is 9.65. The lowest BCUT2D eigenvalue weighted by molar-refractivity contribution is -0.114. The van der Waals surface area contributed by atoms with Gasteiger partial charge in [0.1, 0.15) is 11.5 Å². The van der Waals surface area contributed by atoms with Crippen molar-refractivity contribution in [2.24, 2.45) is 7.05 Å². The van der Waals surface area contributed by atoms with E-state index in [1.165, 1.54) is 22.9 Å². The molecule has 0 saturated heterocycles. The predicted molar refractivity (Wildman–Crippen MR) is 121 cm³/mol. The number of hydrogen-bond donors (Lipinski definition) is 2. The Balaban J connectivity index is 1.58. The Morgan fingerprint density at radius 2 is 1.65 bits per heavy atom. The molecule has 3 aromatic rings. The van der Waals surface area contributed by atoms with E-state index in [0.717, 1.165) is 11.8 Å². The van der Waals surface area contributed by atoms with Gasteiger partial charge in [0.2, 0.25) is 11.8 Å². The summed E-state index contributed by atoms with van der Waals surface area (Å²) in [5, 5.41) is 5.35. The summed E-state index contributed by atoms with van der Waals surface area (Å²) < 4.78 is 16.3. The fourth-order valence-electron chi connectivity index (χ4n) is 3.08.